The number of aliphatic imine (C=N–C) groups is 1. The summed E-state index contributed by atoms with van der Waals surface area (Å²) in [4.78, 5) is 8.01. The minimum Gasteiger partial charge on any atom is -0.493 e. The van der Waals surface area contributed by atoms with Crippen molar-refractivity contribution in [3.63, 3.8) is 0 Å². The van der Waals surface area contributed by atoms with Crippen LogP contribution in [-0.2, 0) is 12.6 Å². The molecular formula is C18H23F3N4O2S. The Kier molecular flexibility index (Phi) is 7.91. The van der Waals surface area contributed by atoms with Crippen molar-refractivity contribution in [1.29, 1.82) is 0 Å². The average Bonchev–Trinajstić information content (AvgIpc) is 3.12. The molecule has 0 bridgehead atoms. The molecule has 1 heterocycles. The van der Waals surface area contributed by atoms with Crippen molar-refractivity contribution >= 4 is 23.0 Å². The first kappa shape index (κ1) is 21.8. The normalized spacial score (nSPS) is 12.0. The van der Waals surface area contributed by atoms with Crippen LogP contribution in [0.25, 0.3) is 0 Å². The van der Waals surface area contributed by atoms with E-state index < -0.39 is 11.9 Å². The molecule has 0 saturated heterocycles. The molecule has 6 nitrogen and oxygen atoms in total. The number of aromatic nitrogens is 1. The zero-order chi connectivity index (χ0) is 20.6. The predicted molar refractivity (Wildman–Crippen MR) is 105 cm³/mol. The molecule has 0 spiro atoms. The van der Waals surface area contributed by atoms with Gasteiger partial charge in [-0.3, -0.25) is 4.99 Å². The largest absolute Gasteiger partial charge is 0.493 e. The summed E-state index contributed by atoms with van der Waals surface area (Å²) < 4.78 is 48.6. The molecule has 0 aliphatic heterocycles. The van der Waals surface area contributed by atoms with E-state index in [-0.39, 0.29) is 0 Å². The number of benzene rings is 1. The summed E-state index contributed by atoms with van der Waals surface area (Å²) in [5, 5.41) is 7.66. The van der Waals surface area contributed by atoms with E-state index in [9.17, 15) is 13.2 Å². The predicted octanol–water partition coefficient (Wildman–Crippen LogP) is 4.19. The Bertz CT molecular complexity index is 793. The number of nitrogens with one attached hydrogen (secondary N) is 2. The first-order chi connectivity index (χ1) is 13.4. The average molecular weight is 416 g/mol. The zero-order valence-electron chi connectivity index (χ0n) is 15.9. The lowest BCUT2D eigenvalue weighted by atomic mass is 10.2. The molecule has 28 heavy (non-hydrogen) atoms. The first-order valence-electron chi connectivity index (χ1n) is 8.75. The summed E-state index contributed by atoms with van der Waals surface area (Å²) >= 11 is 0.985. The number of hydrogen-bond acceptors (Lipinski definition) is 5. The first-order valence-corrected chi connectivity index (χ1v) is 9.63. The number of halogens is 3. The fourth-order valence-electron chi connectivity index (χ4n) is 2.28. The quantitative estimate of drug-likeness (QED) is 0.499. The monoisotopic (exact) mass is 416 g/mol. The number of nitrogens with zero attached hydrogens (tertiary/aromatic N) is 2. The van der Waals surface area contributed by atoms with E-state index >= 15 is 0 Å². The second-order valence-corrected chi connectivity index (χ2v) is 6.50. The molecule has 0 aliphatic carbocycles. The lowest BCUT2D eigenvalue weighted by Crippen LogP contribution is -2.30. The van der Waals surface area contributed by atoms with Crippen molar-refractivity contribution in [2.75, 3.05) is 32.1 Å². The Morgan fingerprint density at radius 1 is 1.25 bits per heavy atom. The minimum atomic E-state index is -4.42. The molecule has 2 rings (SSSR count). The highest BCUT2D eigenvalue weighted by atomic mass is 32.1. The van der Waals surface area contributed by atoms with E-state index in [2.05, 4.69) is 20.6 Å². The Labute approximate surface area is 165 Å². The summed E-state index contributed by atoms with van der Waals surface area (Å²) in [5.41, 5.74) is -0.114. The Hall–Kier alpha value is -2.49. The molecule has 0 atom stereocenters. The molecule has 1 aromatic heterocycles. The fourth-order valence-corrected chi connectivity index (χ4v) is 3.08. The number of anilines is 1. The van der Waals surface area contributed by atoms with Crippen LogP contribution in [0.3, 0.4) is 0 Å². The van der Waals surface area contributed by atoms with Gasteiger partial charge in [0.25, 0.3) is 0 Å². The van der Waals surface area contributed by atoms with E-state index in [1.807, 2.05) is 19.9 Å². The minimum absolute atomic E-state index is 0.300. The summed E-state index contributed by atoms with van der Waals surface area (Å²) in [5.74, 6) is 1.74. The summed E-state index contributed by atoms with van der Waals surface area (Å²) in [7, 11) is 1.56. The lowest BCUT2D eigenvalue weighted by Gasteiger charge is -2.14. The van der Waals surface area contributed by atoms with E-state index in [1.54, 1.807) is 19.2 Å². The highest BCUT2D eigenvalue weighted by Crippen LogP contribution is 2.31. The van der Waals surface area contributed by atoms with Crippen LogP contribution in [0.2, 0.25) is 0 Å². The zero-order valence-corrected chi connectivity index (χ0v) is 16.7. The van der Waals surface area contributed by atoms with Crippen LogP contribution in [0.4, 0.5) is 18.9 Å². The van der Waals surface area contributed by atoms with Gasteiger partial charge in [-0.05, 0) is 26.0 Å². The number of ether oxygens (including phenoxy) is 2. The van der Waals surface area contributed by atoms with Crippen molar-refractivity contribution in [2.24, 2.45) is 4.99 Å². The van der Waals surface area contributed by atoms with Crippen LogP contribution < -0.4 is 20.1 Å². The number of hydrogen-bond donors (Lipinski definition) is 2. The summed E-state index contributed by atoms with van der Waals surface area (Å²) in [6.45, 7) is 5.28. The molecule has 2 aromatic rings. The third kappa shape index (κ3) is 6.29. The van der Waals surface area contributed by atoms with Crippen LogP contribution in [0, 0.1) is 0 Å². The number of rotatable bonds is 8. The van der Waals surface area contributed by atoms with Gasteiger partial charge in [-0.15, -0.1) is 11.3 Å². The molecule has 0 aliphatic rings. The van der Waals surface area contributed by atoms with Gasteiger partial charge in [-0.2, -0.15) is 13.2 Å². The van der Waals surface area contributed by atoms with Crippen molar-refractivity contribution in [2.45, 2.75) is 26.4 Å². The van der Waals surface area contributed by atoms with Gasteiger partial charge in [-0.1, -0.05) is 0 Å². The van der Waals surface area contributed by atoms with Crippen LogP contribution in [0.5, 0.6) is 11.5 Å². The molecule has 154 valence electrons. The van der Waals surface area contributed by atoms with Gasteiger partial charge in [0.05, 0.1) is 18.7 Å². The summed E-state index contributed by atoms with van der Waals surface area (Å²) in [6, 6.07) is 5.41. The van der Waals surface area contributed by atoms with Gasteiger partial charge in [0, 0.05) is 36.6 Å². The van der Waals surface area contributed by atoms with Gasteiger partial charge < -0.3 is 20.1 Å². The van der Waals surface area contributed by atoms with Crippen molar-refractivity contribution in [3.05, 3.63) is 34.3 Å². The maximum absolute atomic E-state index is 12.6. The van der Waals surface area contributed by atoms with Gasteiger partial charge in [0.15, 0.2) is 23.2 Å². The number of thiazole rings is 1. The molecular weight excluding hydrogens is 393 g/mol. The summed E-state index contributed by atoms with van der Waals surface area (Å²) in [6.07, 6.45) is -4.09. The SMILES string of the molecule is CCNC(=NCCc1nc(C(F)(F)F)cs1)Nc1ccc(OCC)c(OC)c1. The molecule has 10 heteroatoms. The second-order valence-electron chi connectivity index (χ2n) is 5.56. The maximum atomic E-state index is 12.6. The molecule has 1 aromatic carbocycles. The van der Waals surface area contributed by atoms with Crippen LogP contribution in [0.15, 0.2) is 28.6 Å². The highest BCUT2D eigenvalue weighted by molar-refractivity contribution is 7.09. The van der Waals surface area contributed by atoms with Gasteiger partial charge in [0.2, 0.25) is 0 Å². The molecule has 0 radical (unpaired) electrons. The van der Waals surface area contributed by atoms with E-state index in [4.69, 9.17) is 9.47 Å². The van der Waals surface area contributed by atoms with E-state index in [0.717, 1.165) is 22.4 Å². The van der Waals surface area contributed by atoms with Crippen LogP contribution in [0.1, 0.15) is 24.5 Å². The van der Waals surface area contributed by atoms with E-state index in [1.165, 1.54) is 0 Å². The van der Waals surface area contributed by atoms with Gasteiger partial charge >= 0.3 is 6.18 Å². The standard InChI is InChI=1S/C18H23F3N4O2S/c1-4-22-17(23-9-8-16-25-15(11-28-16)18(19,20)21)24-12-6-7-13(27-5-2)14(10-12)26-3/h6-7,10-11H,4-5,8-9H2,1-3H3,(H2,22,23,24). The molecule has 2 N–H and O–H groups in total. The van der Waals surface area contributed by atoms with Crippen molar-refractivity contribution in [3.8, 4) is 11.5 Å². The van der Waals surface area contributed by atoms with Gasteiger partial charge in [-0.25, -0.2) is 4.98 Å². The fraction of sp³-hybridized carbons (Fsp3) is 0.444. The second kappa shape index (κ2) is 10.2. The van der Waals surface area contributed by atoms with E-state index in [0.29, 0.717) is 48.6 Å². The smallest absolute Gasteiger partial charge is 0.434 e. The third-order valence-corrected chi connectivity index (χ3v) is 4.42. The number of methoxy groups -OCH3 is 1. The lowest BCUT2D eigenvalue weighted by molar-refractivity contribution is -0.140. The van der Waals surface area contributed by atoms with Gasteiger partial charge in [0.1, 0.15) is 0 Å². The topological polar surface area (TPSA) is 67.8 Å². The van der Waals surface area contributed by atoms with Crippen LogP contribution in [-0.4, -0.2) is 37.7 Å². The molecule has 0 saturated carbocycles. The van der Waals surface area contributed by atoms with Crippen molar-refractivity contribution in [1.82, 2.24) is 10.3 Å². The Balaban J connectivity index is 2.03. The highest BCUT2D eigenvalue weighted by Gasteiger charge is 2.33. The Morgan fingerprint density at radius 3 is 2.64 bits per heavy atom. The number of alkyl halides is 3. The number of guanidine groups is 1. The van der Waals surface area contributed by atoms with Crippen LogP contribution >= 0.6 is 11.3 Å². The molecule has 0 amide bonds. The van der Waals surface area contributed by atoms with Crippen molar-refractivity contribution < 1.29 is 22.6 Å². The third-order valence-electron chi connectivity index (χ3n) is 3.51. The molecule has 0 fully saturated rings. The Morgan fingerprint density at radius 2 is 2.04 bits per heavy atom. The molecule has 0 unspecified atom stereocenters. The maximum Gasteiger partial charge on any atom is 0.434 e.